The van der Waals surface area contributed by atoms with Gasteiger partial charge in [0, 0.05) is 19.1 Å². The highest BCUT2D eigenvalue weighted by Gasteiger charge is 2.24. The summed E-state index contributed by atoms with van der Waals surface area (Å²) < 4.78 is 3.19. The number of anilines is 2. The molecule has 1 atom stereocenters. The van der Waals surface area contributed by atoms with Crippen LogP contribution in [0.15, 0.2) is 15.1 Å². The molecule has 0 amide bonds. The van der Waals surface area contributed by atoms with Gasteiger partial charge < -0.3 is 16.4 Å². The summed E-state index contributed by atoms with van der Waals surface area (Å²) in [6, 6.07) is 0.199. The monoisotopic (exact) mass is 374 g/mol. The standard InChI is InChI=1S/C10H12Br2N6/c11-6-3-15-18-8(14)7(12)10(16-9(6)18)17-2-1-5(13)4-17/h3,5H,1-2,4,13-14H2/t5-/m1/s1. The van der Waals surface area contributed by atoms with E-state index in [4.69, 9.17) is 11.5 Å². The van der Waals surface area contributed by atoms with Crippen LogP contribution in [0.4, 0.5) is 11.6 Å². The maximum absolute atomic E-state index is 6.07. The molecule has 0 aromatic carbocycles. The summed E-state index contributed by atoms with van der Waals surface area (Å²) in [7, 11) is 0. The Morgan fingerprint density at radius 1 is 1.39 bits per heavy atom. The lowest BCUT2D eigenvalue weighted by molar-refractivity contribution is 0.751. The average molecular weight is 376 g/mol. The Kier molecular flexibility index (Phi) is 2.95. The molecule has 1 aliphatic rings. The highest BCUT2D eigenvalue weighted by atomic mass is 79.9. The Balaban J connectivity index is 2.17. The van der Waals surface area contributed by atoms with Crippen molar-refractivity contribution >= 4 is 49.1 Å². The molecule has 0 spiro atoms. The number of rotatable bonds is 1. The van der Waals surface area contributed by atoms with Crippen LogP contribution in [-0.4, -0.2) is 33.7 Å². The molecule has 2 aromatic rings. The molecule has 3 heterocycles. The van der Waals surface area contributed by atoms with E-state index in [1.54, 1.807) is 10.7 Å². The summed E-state index contributed by atoms with van der Waals surface area (Å²) in [5.41, 5.74) is 12.7. The molecule has 0 unspecified atom stereocenters. The van der Waals surface area contributed by atoms with Crippen LogP contribution in [0, 0.1) is 0 Å². The van der Waals surface area contributed by atoms with Crippen LogP contribution in [0.25, 0.3) is 5.65 Å². The van der Waals surface area contributed by atoms with Crippen LogP contribution in [0.1, 0.15) is 6.42 Å². The van der Waals surface area contributed by atoms with E-state index in [2.05, 4.69) is 46.8 Å². The van der Waals surface area contributed by atoms with Crippen molar-refractivity contribution in [2.24, 2.45) is 5.73 Å². The number of fused-ring (bicyclic) bond motifs is 1. The van der Waals surface area contributed by atoms with E-state index in [0.717, 1.165) is 34.3 Å². The van der Waals surface area contributed by atoms with Crippen LogP contribution in [-0.2, 0) is 0 Å². The van der Waals surface area contributed by atoms with Crippen LogP contribution in [0.3, 0.4) is 0 Å². The fraction of sp³-hybridized carbons (Fsp3) is 0.400. The van der Waals surface area contributed by atoms with E-state index < -0.39 is 0 Å². The predicted molar refractivity (Wildman–Crippen MR) is 77.6 cm³/mol. The molecule has 2 aromatic heterocycles. The minimum Gasteiger partial charge on any atom is -0.383 e. The molecule has 1 saturated heterocycles. The first-order valence-electron chi connectivity index (χ1n) is 5.56. The van der Waals surface area contributed by atoms with Gasteiger partial charge in [-0.15, -0.1) is 0 Å². The van der Waals surface area contributed by atoms with Crippen molar-refractivity contribution in [2.75, 3.05) is 23.7 Å². The first-order chi connectivity index (χ1) is 8.58. The van der Waals surface area contributed by atoms with Gasteiger partial charge >= 0.3 is 0 Å². The number of nitrogen functional groups attached to an aromatic ring is 1. The van der Waals surface area contributed by atoms with Crippen LogP contribution >= 0.6 is 31.9 Å². The summed E-state index contributed by atoms with van der Waals surface area (Å²) in [5, 5.41) is 4.17. The fourth-order valence-corrected chi connectivity index (χ4v) is 3.00. The van der Waals surface area contributed by atoms with Gasteiger partial charge in [-0.05, 0) is 38.3 Å². The average Bonchev–Trinajstić information content (AvgIpc) is 2.91. The topological polar surface area (TPSA) is 85.5 Å². The van der Waals surface area contributed by atoms with Crippen molar-refractivity contribution in [3.8, 4) is 0 Å². The number of nitrogens with zero attached hydrogens (tertiary/aromatic N) is 4. The molecule has 6 nitrogen and oxygen atoms in total. The molecule has 96 valence electrons. The quantitative estimate of drug-likeness (QED) is 0.786. The summed E-state index contributed by atoms with van der Waals surface area (Å²) in [5.74, 6) is 1.37. The summed E-state index contributed by atoms with van der Waals surface area (Å²) in [4.78, 5) is 6.75. The van der Waals surface area contributed by atoms with Crippen molar-refractivity contribution in [2.45, 2.75) is 12.5 Å². The molecule has 4 N–H and O–H groups in total. The molecular formula is C10H12Br2N6. The number of halogens is 2. The third-order valence-corrected chi connectivity index (χ3v) is 4.41. The van der Waals surface area contributed by atoms with Gasteiger partial charge in [-0.1, -0.05) is 0 Å². The molecule has 1 aliphatic heterocycles. The van der Waals surface area contributed by atoms with Crippen LogP contribution < -0.4 is 16.4 Å². The van der Waals surface area contributed by atoms with E-state index in [1.165, 1.54) is 0 Å². The largest absolute Gasteiger partial charge is 0.383 e. The third kappa shape index (κ3) is 1.79. The van der Waals surface area contributed by atoms with Gasteiger partial charge in [-0.2, -0.15) is 9.61 Å². The second kappa shape index (κ2) is 4.36. The minimum atomic E-state index is 0.199. The zero-order valence-electron chi connectivity index (χ0n) is 9.48. The first kappa shape index (κ1) is 12.2. The van der Waals surface area contributed by atoms with E-state index >= 15 is 0 Å². The second-order valence-corrected chi connectivity index (χ2v) is 6.00. The van der Waals surface area contributed by atoms with Gasteiger partial charge in [0.2, 0.25) is 0 Å². The number of hydrogen-bond acceptors (Lipinski definition) is 5. The Bertz CT molecular complexity index is 610. The third-order valence-electron chi connectivity index (χ3n) is 3.09. The zero-order valence-corrected chi connectivity index (χ0v) is 12.6. The molecule has 8 heteroatoms. The Morgan fingerprint density at radius 2 is 2.17 bits per heavy atom. The van der Waals surface area contributed by atoms with Gasteiger partial charge in [0.25, 0.3) is 0 Å². The molecule has 1 fully saturated rings. The SMILES string of the molecule is Nc1c(Br)c(N2CC[C@@H](N)C2)nc2c(Br)cnn12. The molecule has 0 saturated carbocycles. The molecule has 0 aliphatic carbocycles. The van der Waals surface area contributed by atoms with Crippen molar-refractivity contribution in [1.29, 1.82) is 0 Å². The maximum Gasteiger partial charge on any atom is 0.173 e. The van der Waals surface area contributed by atoms with E-state index in [0.29, 0.717) is 11.5 Å². The molecule has 0 bridgehead atoms. The van der Waals surface area contributed by atoms with Gasteiger partial charge in [0.1, 0.15) is 16.1 Å². The van der Waals surface area contributed by atoms with E-state index in [1.807, 2.05) is 0 Å². The van der Waals surface area contributed by atoms with Gasteiger partial charge in [0.05, 0.1) is 10.7 Å². The maximum atomic E-state index is 6.07. The van der Waals surface area contributed by atoms with Gasteiger partial charge in [-0.25, -0.2) is 4.98 Å². The lowest BCUT2D eigenvalue weighted by Crippen LogP contribution is -2.27. The fourth-order valence-electron chi connectivity index (χ4n) is 2.15. The van der Waals surface area contributed by atoms with Crippen LogP contribution in [0.2, 0.25) is 0 Å². The Labute approximate surface area is 121 Å². The Hall–Kier alpha value is -0.860. The number of hydrogen-bond donors (Lipinski definition) is 2. The summed E-state index contributed by atoms with van der Waals surface area (Å²) in [6.45, 7) is 1.70. The molecule has 3 rings (SSSR count). The van der Waals surface area contributed by atoms with Gasteiger partial charge in [0.15, 0.2) is 5.65 Å². The van der Waals surface area contributed by atoms with Gasteiger partial charge in [-0.3, -0.25) is 0 Å². The first-order valence-corrected chi connectivity index (χ1v) is 7.15. The smallest absolute Gasteiger partial charge is 0.173 e. The predicted octanol–water partition coefficient (Wildman–Crippen LogP) is 1.37. The zero-order chi connectivity index (χ0) is 12.9. The summed E-state index contributed by atoms with van der Waals surface area (Å²) in [6.07, 6.45) is 2.66. The second-order valence-electron chi connectivity index (χ2n) is 4.36. The molecular weight excluding hydrogens is 364 g/mol. The number of aromatic nitrogens is 3. The minimum absolute atomic E-state index is 0.199. The van der Waals surface area contributed by atoms with Crippen molar-refractivity contribution in [3.05, 3.63) is 15.1 Å². The lowest BCUT2D eigenvalue weighted by Gasteiger charge is -2.19. The van der Waals surface area contributed by atoms with Crippen molar-refractivity contribution in [3.63, 3.8) is 0 Å². The van der Waals surface area contributed by atoms with Crippen molar-refractivity contribution < 1.29 is 0 Å². The van der Waals surface area contributed by atoms with Crippen LogP contribution in [0.5, 0.6) is 0 Å². The Morgan fingerprint density at radius 3 is 2.83 bits per heavy atom. The highest BCUT2D eigenvalue weighted by Crippen LogP contribution is 2.33. The normalized spacial score (nSPS) is 19.9. The molecule has 0 radical (unpaired) electrons. The van der Waals surface area contributed by atoms with E-state index in [-0.39, 0.29) is 6.04 Å². The highest BCUT2D eigenvalue weighted by molar-refractivity contribution is 9.11. The molecule has 18 heavy (non-hydrogen) atoms. The lowest BCUT2D eigenvalue weighted by atomic mass is 10.3. The van der Waals surface area contributed by atoms with E-state index in [9.17, 15) is 0 Å². The summed E-state index contributed by atoms with van der Waals surface area (Å²) >= 11 is 6.91. The van der Waals surface area contributed by atoms with Crippen molar-refractivity contribution in [1.82, 2.24) is 14.6 Å². The number of nitrogens with two attached hydrogens (primary N) is 2.